The normalized spacial score (nSPS) is 11.7. The summed E-state index contributed by atoms with van der Waals surface area (Å²) < 4.78 is 27.8. The number of benzene rings is 2. The van der Waals surface area contributed by atoms with E-state index in [4.69, 9.17) is 4.74 Å². The van der Waals surface area contributed by atoms with Crippen molar-refractivity contribution in [1.82, 2.24) is 14.1 Å². The van der Waals surface area contributed by atoms with Crippen LogP contribution < -0.4 is 0 Å². The van der Waals surface area contributed by atoms with Gasteiger partial charge in [-0.3, -0.25) is 4.79 Å². The Kier molecular flexibility index (Phi) is 5.51. The molecule has 176 valence electrons. The first kappa shape index (κ1) is 23.2. The molecule has 34 heavy (non-hydrogen) atoms. The van der Waals surface area contributed by atoms with Crippen LogP contribution in [0.5, 0.6) is 0 Å². The van der Waals surface area contributed by atoms with Crippen LogP contribution in [0.3, 0.4) is 0 Å². The highest BCUT2D eigenvalue weighted by molar-refractivity contribution is 6.02. The van der Waals surface area contributed by atoms with Crippen molar-refractivity contribution in [3.05, 3.63) is 53.3 Å². The van der Waals surface area contributed by atoms with Gasteiger partial charge in [-0.1, -0.05) is 12.1 Å². The van der Waals surface area contributed by atoms with Crippen LogP contribution in [-0.2, 0) is 16.5 Å². The standard InChI is InChI=1S/C25H24FN3O5/c1-13(30)14-7-8-15-10-21(29(19(15)9-14)24(32)34-25(2,3)4)22-27-18-11-16(23(31)33-6)17(26)12-20(18)28(22)5/h7-12H,1-6H3. The number of hydrogen-bond acceptors (Lipinski definition) is 6. The van der Waals surface area contributed by atoms with Gasteiger partial charge in [-0.05, 0) is 45.9 Å². The first-order chi connectivity index (χ1) is 15.9. The molecule has 4 rings (SSSR count). The van der Waals surface area contributed by atoms with Gasteiger partial charge in [0, 0.05) is 24.1 Å². The minimum atomic E-state index is -0.814. The third-order valence-electron chi connectivity index (χ3n) is 5.39. The highest BCUT2D eigenvalue weighted by Gasteiger charge is 2.26. The third kappa shape index (κ3) is 3.93. The van der Waals surface area contributed by atoms with Gasteiger partial charge in [0.1, 0.15) is 11.4 Å². The number of esters is 1. The summed E-state index contributed by atoms with van der Waals surface area (Å²) in [5.41, 5.74) is 1.08. The maximum absolute atomic E-state index is 14.6. The Morgan fingerprint density at radius 3 is 2.35 bits per heavy atom. The molecule has 0 fully saturated rings. The predicted octanol–water partition coefficient (Wildman–Crippen LogP) is 5.11. The van der Waals surface area contributed by atoms with E-state index in [0.29, 0.717) is 39.0 Å². The van der Waals surface area contributed by atoms with E-state index in [2.05, 4.69) is 9.72 Å². The smallest absolute Gasteiger partial charge is 0.419 e. The molecule has 0 N–H and O–H groups in total. The van der Waals surface area contributed by atoms with Gasteiger partial charge in [-0.2, -0.15) is 0 Å². The fourth-order valence-electron chi connectivity index (χ4n) is 3.80. The molecule has 9 heteroatoms. The molecule has 0 saturated heterocycles. The molecule has 2 aromatic heterocycles. The topological polar surface area (TPSA) is 92.4 Å². The molecule has 2 heterocycles. The van der Waals surface area contributed by atoms with Crippen LogP contribution in [0.2, 0.25) is 0 Å². The molecule has 4 aromatic rings. The zero-order chi connectivity index (χ0) is 24.9. The largest absolute Gasteiger partial charge is 0.465 e. The summed E-state index contributed by atoms with van der Waals surface area (Å²) in [6, 6.07) is 9.32. The Bertz CT molecular complexity index is 1490. The molecule has 0 bridgehead atoms. The van der Waals surface area contributed by atoms with Gasteiger partial charge in [-0.15, -0.1) is 0 Å². The fourth-order valence-corrected chi connectivity index (χ4v) is 3.80. The summed E-state index contributed by atoms with van der Waals surface area (Å²) in [5, 5.41) is 0.694. The van der Waals surface area contributed by atoms with Gasteiger partial charge in [0.25, 0.3) is 0 Å². The number of ether oxygens (including phenoxy) is 2. The molecule has 0 atom stereocenters. The van der Waals surface area contributed by atoms with Gasteiger partial charge in [-0.25, -0.2) is 23.5 Å². The lowest BCUT2D eigenvalue weighted by Gasteiger charge is -2.21. The van der Waals surface area contributed by atoms with Gasteiger partial charge in [0.2, 0.25) is 0 Å². The van der Waals surface area contributed by atoms with Crippen LogP contribution in [0.25, 0.3) is 33.5 Å². The van der Waals surface area contributed by atoms with E-state index in [-0.39, 0.29) is 11.3 Å². The van der Waals surface area contributed by atoms with Gasteiger partial charge < -0.3 is 14.0 Å². The summed E-state index contributed by atoms with van der Waals surface area (Å²) in [6.07, 6.45) is -0.647. The Hall–Kier alpha value is -4.01. The minimum absolute atomic E-state index is 0.145. The lowest BCUT2D eigenvalue weighted by Crippen LogP contribution is -2.27. The van der Waals surface area contributed by atoms with Gasteiger partial charge >= 0.3 is 12.1 Å². The summed E-state index contributed by atoms with van der Waals surface area (Å²) in [4.78, 5) is 41.8. The summed E-state index contributed by atoms with van der Waals surface area (Å²) >= 11 is 0. The number of carbonyl (C=O) groups excluding carboxylic acids is 3. The quantitative estimate of drug-likeness (QED) is 0.309. The Morgan fingerprint density at radius 2 is 1.74 bits per heavy atom. The number of nitrogens with zero attached hydrogens (tertiary/aromatic N) is 3. The second kappa shape index (κ2) is 8.09. The van der Waals surface area contributed by atoms with E-state index in [1.54, 1.807) is 56.7 Å². The van der Waals surface area contributed by atoms with Crippen molar-refractivity contribution in [2.75, 3.05) is 7.11 Å². The molecule has 0 spiro atoms. The van der Waals surface area contributed by atoms with Crippen molar-refractivity contribution >= 4 is 39.8 Å². The molecule has 0 aliphatic heterocycles. The molecule has 2 aromatic carbocycles. The second-order valence-electron chi connectivity index (χ2n) is 8.98. The maximum atomic E-state index is 14.6. The lowest BCUT2D eigenvalue weighted by molar-refractivity contribution is 0.0544. The molecule has 0 aliphatic carbocycles. The number of methoxy groups -OCH3 is 1. The number of hydrogen-bond donors (Lipinski definition) is 0. The van der Waals surface area contributed by atoms with Crippen molar-refractivity contribution in [2.24, 2.45) is 7.05 Å². The van der Waals surface area contributed by atoms with Crippen molar-refractivity contribution in [2.45, 2.75) is 33.3 Å². The van der Waals surface area contributed by atoms with E-state index < -0.39 is 23.5 Å². The zero-order valence-electron chi connectivity index (χ0n) is 19.7. The van der Waals surface area contributed by atoms with Crippen LogP contribution in [0, 0.1) is 5.82 Å². The molecular formula is C25H24FN3O5. The average molecular weight is 465 g/mol. The number of halogens is 1. The van der Waals surface area contributed by atoms with Crippen molar-refractivity contribution in [3.8, 4) is 11.5 Å². The highest BCUT2D eigenvalue weighted by atomic mass is 19.1. The van der Waals surface area contributed by atoms with Crippen LogP contribution in [0.1, 0.15) is 48.4 Å². The summed E-state index contributed by atoms with van der Waals surface area (Å²) in [7, 11) is 2.85. The van der Waals surface area contributed by atoms with E-state index in [1.165, 1.54) is 30.7 Å². The van der Waals surface area contributed by atoms with E-state index in [9.17, 15) is 18.8 Å². The Morgan fingerprint density at radius 1 is 1.03 bits per heavy atom. The molecule has 0 saturated carbocycles. The third-order valence-corrected chi connectivity index (χ3v) is 5.39. The zero-order valence-corrected chi connectivity index (χ0v) is 19.7. The molecule has 0 unspecified atom stereocenters. The molecule has 0 radical (unpaired) electrons. The number of ketones is 1. The van der Waals surface area contributed by atoms with Crippen LogP contribution in [-0.4, -0.2) is 44.7 Å². The second-order valence-corrected chi connectivity index (χ2v) is 8.98. The van der Waals surface area contributed by atoms with E-state index in [0.717, 1.165) is 0 Å². The van der Waals surface area contributed by atoms with Crippen LogP contribution in [0.4, 0.5) is 9.18 Å². The summed E-state index contributed by atoms with van der Waals surface area (Å²) in [6.45, 7) is 6.71. The molecule has 0 amide bonds. The Labute approximate surface area is 194 Å². The van der Waals surface area contributed by atoms with Crippen LogP contribution in [0.15, 0.2) is 36.4 Å². The van der Waals surface area contributed by atoms with Crippen molar-refractivity contribution in [1.29, 1.82) is 0 Å². The SMILES string of the molecule is COC(=O)c1cc2nc(-c3cc4ccc(C(C)=O)cc4n3C(=O)OC(C)(C)C)n(C)c2cc1F. The number of carbonyl (C=O) groups is 3. The Balaban J connectivity index is 2.00. The number of aryl methyl sites for hydroxylation is 1. The number of fused-ring (bicyclic) bond motifs is 2. The van der Waals surface area contributed by atoms with Crippen molar-refractivity contribution < 1.29 is 28.2 Å². The van der Waals surface area contributed by atoms with E-state index in [1.807, 2.05) is 0 Å². The highest BCUT2D eigenvalue weighted by Crippen LogP contribution is 2.32. The number of aromatic nitrogens is 3. The molecule has 8 nitrogen and oxygen atoms in total. The number of Topliss-reactive ketones (excluding diaryl/α,β-unsaturated/α-hetero) is 1. The number of rotatable bonds is 3. The predicted molar refractivity (Wildman–Crippen MR) is 125 cm³/mol. The van der Waals surface area contributed by atoms with Crippen LogP contribution >= 0.6 is 0 Å². The maximum Gasteiger partial charge on any atom is 0.419 e. The van der Waals surface area contributed by atoms with E-state index >= 15 is 0 Å². The monoisotopic (exact) mass is 465 g/mol. The minimum Gasteiger partial charge on any atom is -0.465 e. The first-order valence-corrected chi connectivity index (χ1v) is 10.6. The lowest BCUT2D eigenvalue weighted by atomic mass is 10.1. The average Bonchev–Trinajstić information content (AvgIpc) is 3.28. The van der Waals surface area contributed by atoms with Gasteiger partial charge in [0.15, 0.2) is 11.6 Å². The first-order valence-electron chi connectivity index (χ1n) is 10.6. The van der Waals surface area contributed by atoms with Crippen molar-refractivity contribution in [3.63, 3.8) is 0 Å². The molecule has 0 aliphatic rings. The summed E-state index contributed by atoms with van der Waals surface area (Å²) in [5.74, 6) is -1.35. The fraction of sp³-hybridized carbons (Fsp3) is 0.280. The van der Waals surface area contributed by atoms with Gasteiger partial charge in [0.05, 0.1) is 34.9 Å². The molecular weight excluding hydrogens is 441 g/mol. The number of imidazole rings is 1.